The van der Waals surface area contributed by atoms with Gasteiger partial charge in [-0.05, 0) is 24.3 Å². The lowest BCUT2D eigenvalue weighted by Crippen LogP contribution is -2.45. The van der Waals surface area contributed by atoms with E-state index in [0.29, 0.717) is 0 Å². The third kappa shape index (κ3) is 3.18. The van der Waals surface area contributed by atoms with Crippen molar-refractivity contribution in [2.45, 2.75) is 12.6 Å². The summed E-state index contributed by atoms with van der Waals surface area (Å²) < 4.78 is 7.73. The average Bonchev–Trinajstić information content (AvgIpc) is 2.97. The summed E-state index contributed by atoms with van der Waals surface area (Å²) in [4.78, 5) is 7.30. The van der Waals surface area contributed by atoms with Gasteiger partial charge in [-0.3, -0.25) is 4.90 Å². The molecule has 1 aromatic heterocycles. The van der Waals surface area contributed by atoms with Crippen molar-refractivity contribution in [1.29, 1.82) is 0 Å². The van der Waals surface area contributed by atoms with Crippen molar-refractivity contribution < 1.29 is 4.74 Å². The van der Waals surface area contributed by atoms with Crippen LogP contribution in [-0.4, -0.2) is 41.2 Å². The smallest absolute Gasteiger partial charge is 0.123 e. The molecule has 0 amide bonds. The minimum absolute atomic E-state index is 0.253. The Morgan fingerprint density at radius 2 is 2.12 bits per heavy atom. The highest BCUT2D eigenvalue weighted by Gasteiger charge is 2.27. The lowest BCUT2D eigenvalue weighted by molar-refractivity contribution is 0.146. The molecule has 2 aromatic carbocycles. The molecule has 1 aliphatic rings. The molecule has 1 aliphatic heterocycles. The monoisotopic (exact) mass is 370 g/mol. The third-order valence-electron chi connectivity index (χ3n) is 5.13. The zero-order valence-corrected chi connectivity index (χ0v) is 15.8. The highest BCUT2D eigenvalue weighted by Crippen LogP contribution is 2.31. The van der Waals surface area contributed by atoms with Crippen molar-refractivity contribution >= 4 is 22.6 Å². The molecule has 26 heavy (non-hydrogen) atoms. The molecule has 1 saturated heterocycles. The van der Waals surface area contributed by atoms with Crippen molar-refractivity contribution in [1.82, 2.24) is 19.8 Å². The predicted molar refractivity (Wildman–Crippen MR) is 105 cm³/mol. The molecule has 0 spiro atoms. The fraction of sp³-hybridized carbons (Fsp3) is 0.350. The molecule has 3 aromatic rings. The first-order valence-electron chi connectivity index (χ1n) is 8.86. The summed E-state index contributed by atoms with van der Waals surface area (Å²) in [5.74, 6) is 1.98. The van der Waals surface area contributed by atoms with E-state index in [4.69, 9.17) is 21.3 Å². The van der Waals surface area contributed by atoms with E-state index in [1.54, 1.807) is 7.11 Å². The van der Waals surface area contributed by atoms with Crippen molar-refractivity contribution in [2.75, 3.05) is 26.7 Å². The summed E-state index contributed by atoms with van der Waals surface area (Å²) in [5, 5.41) is 4.24. The van der Waals surface area contributed by atoms with E-state index in [9.17, 15) is 0 Å². The molecule has 2 heterocycles. The Morgan fingerprint density at radius 3 is 2.96 bits per heavy atom. The van der Waals surface area contributed by atoms with Gasteiger partial charge in [0.2, 0.25) is 0 Å². The van der Waals surface area contributed by atoms with Crippen molar-refractivity contribution in [3.05, 3.63) is 58.9 Å². The summed E-state index contributed by atoms with van der Waals surface area (Å²) in [5.41, 5.74) is 3.26. The first kappa shape index (κ1) is 17.3. The van der Waals surface area contributed by atoms with E-state index in [1.807, 2.05) is 30.3 Å². The van der Waals surface area contributed by atoms with E-state index >= 15 is 0 Å². The number of fused-ring (bicyclic) bond motifs is 1. The Balaban J connectivity index is 1.66. The second-order valence-electron chi connectivity index (χ2n) is 6.65. The number of nitrogens with zero attached hydrogens (tertiary/aromatic N) is 3. The lowest BCUT2D eigenvalue weighted by atomic mass is 10.0. The number of hydrogen-bond acceptors (Lipinski definition) is 4. The number of rotatable bonds is 4. The fourth-order valence-corrected chi connectivity index (χ4v) is 3.89. The van der Waals surface area contributed by atoms with Gasteiger partial charge in [0.15, 0.2) is 0 Å². The zero-order valence-electron chi connectivity index (χ0n) is 15.1. The van der Waals surface area contributed by atoms with E-state index in [2.05, 4.69) is 34.0 Å². The standard InChI is InChI=1S/C20H23ClN4O/c1-24-17-11-14(21)7-8-16(17)23-20(24)13-25-10-9-22-12-18(25)15-5-3-4-6-19(15)26-2/h3-8,11,18,22H,9-10,12-13H2,1-2H3. The number of imidazole rings is 1. The van der Waals surface area contributed by atoms with E-state index in [1.165, 1.54) is 5.56 Å². The Bertz CT molecular complexity index is 923. The summed E-state index contributed by atoms with van der Waals surface area (Å²) in [6.07, 6.45) is 0. The SMILES string of the molecule is COc1ccccc1C1CNCCN1Cc1nc2ccc(Cl)cc2n1C. The van der Waals surface area contributed by atoms with Crippen LogP contribution in [0.5, 0.6) is 5.75 Å². The number of nitrogens with one attached hydrogen (secondary N) is 1. The highest BCUT2D eigenvalue weighted by atomic mass is 35.5. The van der Waals surface area contributed by atoms with Gasteiger partial charge in [-0.2, -0.15) is 0 Å². The van der Waals surface area contributed by atoms with Crippen LogP contribution in [0.3, 0.4) is 0 Å². The Labute approximate surface area is 158 Å². The van der Waals surface area contributed by atoms with Gasteiger partial charge in [-0.25, -0.2) is 4.98 Å². The summed E-state index contributed by atoms with van der Waals surface area (Å²) in [6, 6.07) is 14.4. The molecule has 0 aliphatic carbocycles. The second-order valence-corrected chi connectivity index (χ2v) is 7.09. The van der Waals surface area contributed by atoms with Crippen LogP contribution in [0.2, 0.25) is 5.02 Å². The molecule has 5 nitrogen and oxygen atoms in total. The van der Waals surface area contributed by atoms with E-state index in [-0.39, 0.29) is 6.04 Å². The van der Waals surface area contributed by atoms with Gasteiger partial charge < -0.3 is 14.6 Å². The Kier molecular flexibility index (Phi) is 4.85. The Hall–Kier alpha value is -2.08. The number of ether oxygens (including phenoxy) is 1. The van der Waals surface area contributed by atoms with E-state index in [0.717, 1.165) is 53.8 Å². The average molecular weight is 371 g/mol. The van der Waals surface area contributed by atoms with Crippen LogP contribution in [0.15, 0.2) is 42.5 Å². The number of halogens is 1. The maximum Gasteiger partial charge on any atom is 0.123 e. The summed E-state index contributed by atoms with van der Waals surface area (Å²) >= 11 is 6.15. The van der Waals surface area contributed by atoms with Crippen LogP contribution >= 0.6 is 11.6 Å². The molecule has 4 rings (SSSR count). The van der Waals surface area contributed by atoms with Crippen molar-refractivity contribution in [3.63, 3.8) is 0 Å². The van der Waals surface area contributed by atoms with Crippen LogP contribution in [0.25, 0.3) is 11.0 Å². The first-order chi connectivity index (χ1) is 12.7. The molecule has 6 heteroatoms. The quantitative estimate of drug-likeness (QED) is 0.764. The van der Waals surface area contributed by atoms with Crippen molar-refractivity contribution in [3.8, 4) is 5.75 Å². The highest BCUT2D eigenvalue weighted by molar-refractivity contribution is 6.31. The molecular weight excluding hydrogens is 348 g/mol. The molecule has 136 valence electrons. The topological polar surface area (TPSA) is 42.3 Å². The number of para-hydroxylation sites is 1. The molecule has 1 unspecified atom stereocenters. The number of piperazine rings is 1. The maximum absolute atomic E-state index is 6.15. The molecule has 1 atom stereocenters. The fourth-order valence-electron chi connectivity index (χ4n) is 3.72. The van der Waals surface area contributed by atoms with Gasteiger partial charge in [0.25, 0.3) is 0 Å². The van der Waals surface area contributed by atoms with Gasteiger partial charge in [0.05, 0.1) is 30.7 Å². The largest absolute Gasteiger partial charge is 0.496 e. The summed E-state index contributed by atoms with van der Waals surface area (Å²) in [6.45, 7) is 3.62. The maximum atomic E-state index is 6.15. The van der Waals surface area contributed by atoms with Crippen molar-refractivity contribution in [2.24, 2.45) is 7.05 Å². The summed E-state index contributed by atoms with van der Waals surface area (Å²) in [7, 11) is 3.79. The van der Waals surface area contributed by atoms with E-state index < -0.39 is 0 Å². The van der Waals surface area contributed by atoms with Crippen LogP contribution in [0, 0.1) is 0 Å². The minimum atomic E-state index is 0.253. The number of methoxy groups -OCH3 is 1. The van der Waals surface area contributed by atoms with Gasteiger partial charge >= 0.3 is 0 Å². The zero-order chi connectivity index (χ0) is 18.1. The van der Waals surface area contributed by atoms with Crippen LogP contribution in [0.4, 0.5) is 0 Å². The first-order valence-corrected chi connectivity index (χ1v) is 9.23. The van der Waals surface area contributed by atoms with Crippen LogP contribution in [-0.2, 0) is 13.6 Å². The number of aromatic nitrogens is 2. The number of benzene rings is 2. The molecule has 1 N–H and O–H groups in total. The Morgan fingerprint density at radius 1 is 1.27 bits per heavy atom. The van der Waals surface area contributed by atoms with Crippen LogP contribution in [0.1, 0.15) is 17.4 Å². The third-order valence-corrected chi connectivity index (χ3v) is 5.37. The van der Waals surface area contributed by atoms with Gasteiger partial charge in [0, 0.05) is 37.3 Å². The minimum Gasteiger partial charge on any atom is -0.496 e. The predicted octanol–water partition coefficient (Wildman–Crippen LogP) is 3.38. The van der Waals surface area contributed by atoms with Gasteiger partial charge in [-0.15, -0.1) is 0 Å². The normalized spacial score (nSPS) is 18.3. The number of aryl methyl sites for hydroxylation is 1. The van der Waals surface area contributed by atoms with Gasteiger partial charge in [0.1, 0.15) is 11.6 Å². The molecule has 0 radical (unpaired) electrons. The number of hydrogen-bond donors (Lipinski definition) is 1. The molecule has 0 saturated carbocycles. The second kappa shape index (κ2) is 7.27. The lowest BCUT2D eigenvalue weighted by Gasteiger charge is -2.36. The van der Waals surface area contributed by atoms with Crippen LogP contribution < -0.4 is 10.1 Å². The molecule has 0 bridgehead atoms. The molecular formula is C20H23ClN4O. The molecule has 1 fully saturated rings. The van der Waals surface area contributed by atoms with Gasteiger partial charge in [-0.1, -0.05) is 29.8 Å².